The number of nitrogens with one attached hydrogen (secondary N) is 1. The van der Waals surface area contributed by atoms with E-state index in [9.17, 15) is 0 Å². The Labute approximate surface area is 119 Å². The van der Waals surface area contributed by atoms with Crippen molar-refractivity contribution in [3.05, 3.63) is 68.6 Å². The summed E-state index contributed by atoms with van der Waals surface area (Å²) < 4.78 is 2.21. The van der Waals surface area contributed by atoms with Crippen molar-refractivity contribution >= 4 is 31.9 Å². The van der Waals surface area contributed by atoms with Crippen LogP contribution in [0.25, 0.3) is 0 Å². The molecule has 0 amide bonds. The van der Waals surface area contributed by atoms with Crippen LogP contribution >= 0.6 is 31.9 Å². The summed E-state index contributed by atoms with van der Waals surface area (Å²) >= 11 is 6.91. The molecule has 0 saturated carbocycles. The van der Waals surface area contributed by atoms with Crippen LogP contribution in [0.15, 0.2) is 57.5 Å². The van der Waals surface area contributed by atoms with Gasteiger partial charge in [0.05, 0.1) is 6.04 Å². The SMILES string of the molecule is CNC(c1ccc(Br)cc1)c1ccc(Br)cc1. The zero-order chi connectivity index (χ0) is 12.3. The normalized spacial score (nSPS) is 10.8. The van der Waals surface area contributed by atoms with Gasteiger partial charge in [-0.25, -0.2) is 0 Å². The molecule has 2 aromatic carbocycles. The van der Waals surface area contributed by atoms with Gasteiger partial charge in [-0.1, -0.05) is 56.1 Å². The molecule has 17 heavy (non-hydrogen) atoms. The molecule has 0 bridgehead atoms. The van der Waals surface area contributed by atoms with Gasteiger partial charge in [0, 0.05) is 8.95 Å². The molecule has 0 aliphatic carbocycles. The molecule has 0 saturated heterocycles. The summed E-state index contributed by atoms with van der Waals surface area (Å²) in [5, 5.41) is 3.34. The van der Waals surface area contributed by atoms with Gasteiger partial charge in [0.1, 0.15) is 0 Å². The van der Waals surface area contributed by atoms with Crippen molar-refractivity contribution in [2.45, 2.75) is 6.04 Å². The van der Waals surface area contributed by atoms with Crippen LogP contribution in [-0.2, 0) is 0 Å². The van der Waals surface area contributed by atoms with E-state index < -0.39 is 0 Å². The summed E-state index contributed by atoms with van der Waals surface area (Å²) in [5.41, 5.74) is 2.52. The zero-order valence-electron chi connectivity index (χ0n) is 9.45. The average molecular weight is 355 g/mol. The second-order valence-electron chi connectivity index (χ2n) is 3.82. The molecule has 88 valence electrons. The van der Waals surface area contributed by atoms with E-state index in [1.54, 1.807) is 0 Å². The van der Waals surface area contributed by atoms with E-state index in [-0.39, 0.29) is 6.04 Å². The summed E-state index contributed by atoms with van der Waals surface area (Å²) in [6.45, 7) is 0. The Kier molecular flexibility index (Phi) is 4.37. The van der Waals surface area contributed by atoms with Gasteiger partial charge in [-0.15, -0.1) is 0 Å². The van der Waals surface area contributed by atoms with Crippen LogP contribution in [0.1, 0.15) is 17.2 Å². The molecule has 0 atom stereocenters. The molecule has 0 spiro atoms. The standard InChI is InChI=1S/C14H13Br2N/c1-17-14(10-2-6-12(15)7-3-10)11-4-8-13(16)9-5-11/h2-9,14,17H,1H3. The number of hydrogen-bond acceptors (Lipinski definition) is 1. The molecule has 2 aromatic rings. The molecule has 0 unspecified atom stereocenters. The lowest BCUT2D eigenvalue weighted by Crippen LogP contribution is -2.17. The van der Waals surface area contributed by atoms with Crippen LogP contribution in [0.5, 0.6) is 0 Å². The molecule has 2 rings (SSSR count). The Morgan fingerprint density at radius 3 is 1.41 bits per heavy atom. The predicted octanol–water partition coefficient (Wildman–Crippen LogP) is 4.52. The fraction of sp³-hybridized carbons (Fsp3) is 0.143. The van der Waals surface area contributed by atoms with Gasteiger partial charge in [0.15, 0.2) is 0 Å². The van der Waals surface area contributed by atoms with Crippen molar-refractivity contribution in [3.8, 4) is 0 Å². The second kappa shape index (κ2) is 5.80. The lowest BCUT2D eigenvalue weighted by molar-refractivity contribution is 0.691. The minimum absolute atomic E-state index is 0.233. The molecule has 0 aliphatic rings. The third kappa shape index (κ3) is 3.18. The number of rotatable bonds is 3. The van der Waals surface area contributed by atoms with Crippen molar-refractivity contribution in [3.63, 3.8) is 0 Å². The first-order chi connectivity index (χ1) is 8.20. The Balaban J connectivity index is 2.33. The van der Waals surface area contributed by atoms with Crippen molar-refractivity contribution in [2.75, 3.05) is 7.05 Å². The molecule has 0 radical (unpaired) electrons. The third-order valence-corrected chi connectivity index (χ3v) is 3.75. The van der Waals surface area contributed by atoms with E-state index in [0.29, 0.717) is 0 Å². The van der Waals surface area contributed by atoms with Gasteiger partial charge in [0.25, 0.3) is 0 Å². The van der Waals surface area contributed by atoms with Crippen molar-refractivity contribution in [2.24, 2.45) is 0 Å². The minimum Gasteiger partial charge on any atom is -0.309 e. The van der Waals surface area contributed by atoms with E-state index in [1.807, 2.05) is 7.05 Å². The number of halogens is 2. The van der Waals surface area contributed by atoms with Crippen LogP contribution in [0.2, 0.25) is 0 Å². The van der Waals surface area contributed by atoms with Crippen molar-refractivity contribution < 1.29 is 0 Å². The third-order valence-electron chi connectivity index (χ3n) is 2.70. The molecular formula is C14H13Br2N. The van der Waals surface area contributed by atoms with Crippen LogP contribution in [0, 0.1) is 0 Å². The highest BCUT2D eigenvalue weighted by molar-refractivity contribution is 9.10. The molecule has 0 heterocycles. The van der Waals surface area contributed by atoms with Gasteiger partial charge >= 0.3 is 0 Å². The monoisotopic (exact) mass is 353 g/mol. The lowest BCUT2D eigenvalue weighted by atomic mass is 9.99. The fourth-order valence-corrected chi connectivity index (χ4v) is 2.36. The van der Waals surface area contributed by atoms with Gasteiger partial charge in [-0.05, 0) is 42.4 Å². The molecule has 3 heteroatoms. The molecule has 0 aromatic heterocycles. The van der Waals surface area contributed by atoms with E-state index >= 15 is 0 Å². The molecule has 0 fully saturated rings. The highest BCUT2D eigenvalue weighted by Crippen LogP contribution is 2.24. The van der Waals surface area contributed by atoms with Crippen LogP contribution in [-0.4, -0.2) is 7.05 Å². The Hall–Kier alpha value is -0.640. The molecule has 1 N–H and O–H groups in total. The predicted molar refractivity (Wildman–Crippen MR) is 79.2 cm³/mol. The van der Waals surface area contributed by atoms with Crippen LogP contribution in [0.3, 0.4) is 0 Å². The maximum Gasteiger partial charge on any atom is 0.0574 e. The van der Waals surface area contributed by atoms with Gasteiger partial charge in [0.2, 0.25) is 0 Å². The summed E-state index contributed by atoms with van der Waals surface area (Å²) in [6, 6.07) is 17.0. The van der Waals surface area contributed by atoms with E-state index in [2.05, 4.69) is 85.7 Å². The summed E-state index contributed by atoms with van der Waals surface area (Å²) in [6.07, 6.45) is 0. The van der Waals surface area contributed by atoms with E-state index in [0.717, 1.165) is 8.95 Å². The van der Waals surface area contributed by atoms with Crippen molar-refractivity contribution in [1.82, 2.24) is 5.32 Å². The van der Waals surface area contributed by atoms with Gasteiger partial charge < -0.3 is 5.32 Å². The number of hydrogen-bond donors (Lipinski definition) is 1. The summed E-state index contributed by atoms with van der Waals surface area (Å²) in [5.74, 6) is 0. The first-order valence-electron chi connectivity index (χ1n) is 5.39. The Morgan fingerprint density at radius 1 is 0.765 bits per heavy atom. The zero-order valence-corrected chi connectivity index (χ0v) is 12.6. The maximum absolute atomic E-state index is 3.46. The highest BCUT2D eigenvalue weighted by Gasteiger charge is 2.11. The number of benzene rings is 2. The first kappa shape index (κ1) is 12.8. The fourth-order valence-electron chi connectivity index (χ4n) is 1.84. The van der Waals surface area contributed by atoms with Crippen LogP contribution in [0.4, 0.5) is 0 Å². The minimum atomic E-state index is 0.233. The van der Waals surface area contributed by atoms with Crippen LogP contribution < -0.4 is 5.32 Å². The highest BCUT2D eigenvalue weighted by atomic mass is 79.9. The Morgan fingerprint density at radius 2 is 1.12 bits per heavy atom. The summed E-state index contributed by atoms with van der Waals surface area (Å²) in [7, 11) is 1.98. The average Bonchev–Trinajstić information content (AvgIpc) is 2.35. The summed E-state index contributed by atoms with van der Waals surface area (Å²) in [4.78, 5) is 0. The lowest BCUT2D eigenvalue weighted by Gasteiger charge is -2.17. The van der Waals surface area contributed by atoms with Gasteiger partial charge in [-0.3, -0.25) is 0 Å². The maximum atomic E-state index is 3.46. The topological polar surface area (TPSA) is 12.0 Å². The molecule has 1 nitrogen and oxygen atoms in total. The Bertz CT molecular complexity index is 431. The van der Waals surface area contributed by atoms with E-state index in [1.165, 1.54) is 11.1 Å². The first-order valence-corrected chi connectivity index (χ1v) is 6.97. The molecular weight excluding hydrogens is 342 g/mol. The smallest absolute Gasteiger partial charge is 0.0574 e. The second-order valence-corrected chi connectivity index (χ2v) is 5.66. The van der Waals surface area contributed by atoms with Gasteiger partial charge in [-0.2, -0.15) is 0 Å². The van der Waals surface area contributed by atoms with Crippen molar-refractivity contribution in [1.29, 1.82) is 0 Å². The van der Waals surface area contributed by atoms with E-state index in [4.69, 9.17) is 0 Å². The quantitative estimate of drug-likeness (QED) is 0.854. The molecule has 0 aliphatic heterocycles. The largest absolute Gasteiger partial charge is 0.309 e.